The number of nitrogens with zero attached hydrogens (tertiary/aromatic N) is 2. The highest BCUT2D eigenvalue weighted by Gasteiger charge is 2.04. The molecule has 78 valence electrons. The molecule has 0 saturated carbocycles. The van der Waals surface area contributed by atoms with Crippen molar-refractivity contribution in [3.63, 3.8) is 0 Å². The van der Waals surface area contributed by atoms with Gasteiger partial charge < -0.3 is 11.1 Å². The molecular weight excluding hydrogens is 244 g/mol. The summed E-state index contributed by atoms with van der Waals surface area (Å²) in [6.07, 6.45) is 2.23. The van der Waals surface area contributed by atoms with E-state index in [0.29, 0.717) is 22.4 Å². The third-order valence-corrected chi connectivity index (χ3v) is 2.22. The Balaban J connectivity index is 2.66. The predicted octanol–water partition coefficient (Wildman–Crippen LogP) is 2.42. The van der Waals surface area contributed by atoms with Crippen LogP contribution in [0.15, 0.2) is 10.7 Å². The number of nitrogen functional groups attached to an aromatic ring is 1. The highest BCUT2D eigenvalue weighted by atomic mass is 79.9. The summed E-state index contributed by atoms with van der Waals surface area (Å²) in [5.74, 6) is 1.05. The Hall–Kier alpha value is -0.840. The van der Waals surface area contributed by atoms with Crippen molar-refractivity contribution in [1.82, 2.24) is 9.97 Å². The van der Waals surface area contributed by atoms with Crippen molar-refractivity contribution in [2.75, 3.05) is 11.1 Å². The van der Waals surface area contributed by atoms with Gasteiger partial charge in [0.25, 0.3) is 0 Å². The minimum absolute atomic E-state index is 0.369. The molecule has 0 spiro atoms. The van der Waals surface area contributed by atoms with E-state index >= 15 is 0 Å². The monoisotopic (exact) mass is 258 g/mol. The number of nitrogens with two attached hydrogens (primary N) is 1. The molecule has 1 aromatic heterocycles. The average Bonchev–Trinajstić information content (AvgIpc) is 2.01. The summed E-state index contributed by atoms with van der Waals surface area (Å²) in [5, 5.41) is 3.19. The van der Waals surface area contributed by atoms with Crippen LogP contribution in [0.25, 0.3) is 0 Å². The molecule has 1 atom stereocenters. The lowest BCUT2D eigenvalue weighted by Crippen LogP contribution is -2.17. The highest BCUT2D eigenvalue weighted by Crippen LogP contribution is 2.13. The maximum absolute atomic E-state index is 5.59. The maximum Gasteiger partial charge on any atom is 0.225 e. The Morgan fingerprint density at radius 3 is 2.86 bits per heavy atom. The van der Waals surface area contributed by atoms with Gasteiger partial charge in [-0.25, -0.2) is 4.98 Å². The molecule has 3 N–H and O–H groups in total. The van der Waals surface area contributed by atoms with Crippen LogP contribution in [0.4, 0.5) is 11.8 Å². The Morgan fingerprint density at radius 1 is 1.57 bits per heavy atom. The minimum Gasteiger partial charge on any atom is -0.383 e. The molecule has 0 aliphatic rings. The molecule has 1 rings (SSSR count). The minimum atomic E-state index is 0.369. The zero-order valence-electron chi connectivity index (χ0n) is 8.42. The second-order valence-corrected chi connectivity index (χ2v) is 4.09. The van der Waals surface area contributed by atoms with Gasteiger partial charge in [0.15, 0.2) is 0 Å². The third-order valence-electron chi connectivity index (χ3n) is 1.81. The number of halogens is 1. The van der Waals surface area contributed by atoms with Crippen LogP contribution in [0.3, 0.4) is 0 Å². The van der Waals surface area contributed by atoms with Gasteiger partial charge in [0.05, 0.1) is 0 Å². The highest BCUT2D eigenvalue weighted by molar-refractivity contribution is 9.10. The summed E-state index contributed by atoms with van der Waals surface area (Å²) in [6, 6.07) is 2.05. The van der Waals surface area contributed by atoms with Crippen molar-refractivity contribution in [3.8, 4) is 0 Å². The van der Waals surface area contributed by atoms with Crippen LogP contribution in [0.5, 0.6) is 0 Å². The molecule has 0 aliphatic carbocycles. The Labute approximate surface area is 92.5 Å². The number of hydrogen-bond donors (Lipinski definition) is 2. The molecule has 0 bridgehead atoms. The molecule has 0 saturated heterocycles. The largest absolute Gasteiger partial charge is 0.383 e. The van der Waals surface area contributed by atoms with Gasteiger partial charge in [-0.2, -0.15) is 4.98 Å². The van der Waals surface area contributed by atoms with Crippen LogP contribution in [-0.2, 0) is 0 Å². The van der Waals surface area contributed by atoms with E-state index in [1.54, 1.807) is 6.07 Å². The van der Waals surface area contributed by atoms with Gasteiger partial charge in [-0.05, 0) is 29.3 Å². The fourth-order valence-electron chi connectivity index (χ4n) is 1.23. The number of anilines is 2. The first-order valence-electron chi connectivity index (χ1n) is 4.68. The van der Waals surface area contributed by atoms with Gasteiger partial charge in [-0.15, -0.1) is 0 Å². The standard InChI is InChI=1S/C9H15BrN4/c1-3-4-6(2)12-9-13-7(10)5-8(11)14-9/h5-6H,3-4H2,1-2H3,(H3,11,12,13,14). The van der Waals surface area contributed by atoms with Crippen molar-refractivity contribution in [2.45, 2.75) is 32.7 Å². The number of hydrogen-bond acceptors (Lipinski definition) is 4. The summed E-state index contributed by atoms with van der Waals surface area (Å²) in [5.41, 5.74) is 5.59. The van der Waals surface area contributed by atoms with Gasteiger partial charge in [-0.1, -0.05) is 13.3 Å². The first-order valence-corrected chi connectivity index (χ1v) is 5.47. The quantitative estimate of drug-likeness (QED) is 0.815. The van der Waals surface area contributed by atoms with E-state index in [4.69, 9.17) is 5.73 Å². The summed E-state index contributed by atoms with van der Waals surface area (Å²) in [4.78, 5) is 8.25. The van der Waals surface area contributed by atoms with Crippen molar-refractivity contribution < 1.29 is 0 Å². The molecule has 14 heavy (non-hydrogen) atoms. The average molecular weight is 259 g/mol. The number of aromatic nitrogens is 2. The molecule has 4 nitrogen and oxygen atoms in total. The molecule has 0 fully saturated rings. The maximum atomic E-state index is 5.59. The van der Waals surface area contributed by atoms with Crippen molar-refractivity contribution in [3.05, 3.63) is 10.7 Å². The van der Waals surface area contributed by atoms with Crippen molar-refractivity contribution >= 4 is 27.7 Å². The SMILES string of the molecule is CCCC(C)Nc1nc(N)cc(Br)n1. The van der Waals surface area contributed by atoms with Crippen molar-refractivity contribution in [2.24, 2.45) is 0 Å². The normalized spacial score (nSPS) is 12.5. The summed E-state index contributed by atoms with van der Waals surface area (Å²) in [7, 11) is 0. The van der Waals surface area contributed by atoms with Crippen LogP contribution < -0.4 is 11.1 Å². The summed E-state index contributed by atoms with van der Waals surface area (Å²) < 4.78 is 0.705. The Morgan fingerprint density at radius 2 is 2.29 bits per heavy atom. The van der Waals surface area contributed by atoms with E-state index in [-0.39, 0.29) is 0 Å². The Kier molecular flexibility index (Phi) is 4.13. The van der Waals surface area contributed by atoms with E-state index in [9.17, 15) is 0 Å². The van der Waals surface area contributed by atoms with E-state index in [2.05, 4.69) is 45.1 Å². The molecule has 0 radical (unpaired) electrons. The Bertz CT molecular complexity index is 283. The van der Waals surface area contributed by atoms with Crippen molar-refractivity contribution in [1.29, 1.82) is 0 Å². The van der Waals surface area contributed by atoms with Crippen LogP contribution in [-0.4, -0.2) is 16.0 Å². The zero-order chi connectivity index (χ0) is 10.6. The summed E-state index contributed by atoms with van der Waals surface area (Å²) in [6.45, 7) is 4.25. The predicted molar refractivity (Wildman–Crippen MR) is 62.1 cm³/mol. The van der Waals surface area contributed by atoms with Crippen LogP contribution in [0.2, 0.25) is 0 Å². The van der Waals surface area contributed by atoms with Gasteiger partial charge >= 0.3 is 0 Å². The second-order valence-electron chi connectivity index (χ2n) is 3.27. The van der Waals surface area contributed by atoms with Gasteiger partial charge in [-0.3, -0.25) is 0 Å². The third kappa shape index (κ3) is 3.49. The molecule has 0 aromatic carbocycles. The van der Waals surface area contributed by atoms with E-state index in [1.807, 2.05) is 0 Å². The first kappa shape index (κ1) is 11.2. The zero-order valence-corrected chi connectivity index (χ0v) is 10.0. The van der Waals surface area contributed by atoms with Crippen LogP contribution in [0, 0.1) is 0 Å². The molecule has 5 heteroatoms. The van der Waals surface area contributed by atoms with Gasteiger partial charge in [0.2, 0.25) is 5.95 Å². The number of nitrogens with one attached hydrogen (secondary N) is 1. The fourth-order valence-corrected chi connectivity index (χ4v) is 1.63. The molecular formula is C9H15BrN4. The topological polar surface area (TPSA) is 63.8 Å². The molecule has 0 amide bonds. The lowest BCUT2D eigenvalue weighted by Gasteiger charge is -2.12. The molecule has 1 heterocycles. The van der Waals surface area contributed by atoms with Gasteiger partial charge in [0, 0.05) is 12.1 Å². The lowest BCUT2D eigenvalue weighted by molar-refractivity contribution is 0.683. The number of rotatable bonds is 4. The molecule has 1 unspecified atom stereocenters. The van der Waals surface area contributed by atoms with Crippen LogP contribution in [0.1, 0.15) is 26.7 Å². The van der Waals surface area contributed by atoms with E-state index < -0.39 is 0 Å². The fraction of sp³-hybridized carbons (Fsp3) is 0.556. The molecule has 0 aliphatic heterocycles. The van der Waals surface area contributed by atoms with Gasteiger partial charge in [0.1, 0.15) is 10.4 Å². The van der Waals surface area contributed by atoms with E-state index in [1.165, 1.54) is 0 Å². The summed E-state index contributed by atoms with van der Waals surface area (Å²) >= 11 is 3.27. The second kappa shape index (κ2) is 5.14. The smallest absolute Gasteiger partial charge is 0.225 e. The molecule has 1 aromatic rings. The first-order chi connectivity index (χ1) is 6.61. The van der Waals surface area contributed by atoms with E-state index in [0.717, 1.165) is 12.8 Å². The van der Waals surface area contributed by atoms with Crippen LogP contribution >= 0.6 is 15.9 Å². The lowest BCUT2D eigenvalue weighted by atomic mass is 10.2.